The summed E-state index contributed by atoms with van der Waals surface area (Å²) in [4.78, 5) is 5.98. The van der Waals surface area contributed by atoms with E-state index in [4.69, 9.17) is 0 Å². The van der Waals surface area contributed by atoms with Crippen molar-refractivity contribution in [1.29, 1.82) is 0 Å². The van der Waals surface area contributed by atoms with Crippen LogP contribution < -0.4 is 5.43 Å². The van der Waals surface area contributed by atoms with Crippen molar-refractivity contribution in [2.24, 2.45) is 0 Å². The number of aromatic nitrogens is 1. The molecule has 1 unspecified atom stereocenters. The van der Waals surface area contributed by atoms with Crippen LogP contribution in [-0.4, -0.2) is 41.1 Å². The summed E-state index contributed by atoms with van der Waals surface area (Å²) >= 11 is 0. The van der Waals surface area contributed by atoms with Gasteiger partial charge in [-0.3, -0.25) is 0 Å². The van der Waals surface area contributed by atoms with E-state index in [1.807, 2.05) is 11.2 Å². The monoisotopic (exact) mass is 358 g/mol. The second-order valence-corrected chi connectivity index (χ2v) is 6.29. The molecule has 0 saturated carbocycles. The van der Waals surface area contributed by atoms with Gasteiger partial charge in [0.2, 0.25) is 5.95 Å². The summed E-state index contributed by atoms with van der Waals surface area (Å²) in [6.45, 7) is 8.00. The Morgan fingerprint density at radius 2 is 1.85 bits per heavy atom. The Morgan fingerprint density at radius 3 is 2.50 bits per heavy atom. The first-order valence-corrected chi connectivity index (χ1v) is 8.95. The molecular formula is C20H24F2N4. The predicted octanol–water partition coefficient (Wildman–Crippen LogP) is 3.60. The molecule has 1 aromatic carbocycles. The van der Waals surface area contributed by atoms with Crippen molar-refractivity contribution in [3.8, 4) is 0 Å². The quantitative estimate of drug-likeness (QED) is 0.767. The first kappa shape index (κ1) is 18.5. The molecule has 0 spiro atoms. The third kappa shape index (κ3) is 4.26. The second-order valence-electron chi connectivity index (χ2n) is 6.29. The molecule has 4 nitrogen and oxygen atoms in total. The van der Waals surface area contributed by atoms with Crippen LogP contribution in [0.3, 0.4) is 0 Å². The van der Waals surface area contributed by atoms with Gasteiger partial charge in [0.15, 0.2) is 0 Å². The predicted molar refractivity (Wildman–Crippen MR) is 98.9 cm³/mol. The maximum absolute atomic E-state index is 13.6. The van der Waals surface area contributed by atoms with Gasteiger partial charge in [-0.05, 0) is 42.4 Å². The van der Waals surface area contributed by atoms with Gasteiger partial charge in [-0.1, -0.05) is 26.0 Å². The highest BCUT2D eigenvalue weighted by atomic mass is 19.1. The molecular weight excluding hydrogens is 334 g/mol. The van der Waals surface area contributed by atoms with E-state index in [-0.39, 0.29) is 11.9 Å². The number of rotatable bonds is 7. The van der Waals surface area contributed by atoms with Crippen LogP contribution in [0.1, 0.15) is 31.0 Å². The fourth-order valence-corrected chi connectivity index (χ4v) is 3.17. The van der Waals surface area contributed by atoms with Crippen molar-refractivity contribution in [3.63, 3.8) is 0 Å². The lowest BCUT2D eigenvalue weighted by Crippen LogP contribution is -2.38. The molecule has 6 heteroatoms. The van der Waals surface area contributed by atoms with Gasteiger partial charge in [0.1, 0.15) is 5.82 Å². The van der Waals surface area contributed by atoms with Crippen molar-refractivity contribution < 1.29 is 8.78 Å². The molecule has 0 amide bonds. The summed E-state index contributed by atoms with van der Waals surface area (Å²) in [7, 11) is 0. The summed E-state index contributed by atoms with van der Waals surface area (Å²) < 4.78 is 26.9. The van der Waals surface area contributed by atoms with Gasteiger partial charge in [-0.2, -0.15) is 4.39 Å². The lowest BCUT2D eigenvalue weighted by atomic mass is 9.95. The Bertz CT molecular complexity index is 757. The summed E-state index contributed by atoms with van der Waals surface area (Å²) in [5, 5.41) is 2.03. The first-order chi connectivity index (χ1) is 12.6. The zero-order chi connectivity index (χ0) is 18.5. The molecule has 2 aromatic rings. The molecule has 1 aliphatic rings. The van der Waals surface area contributed by atoms with E-state index >= 15 is 0 Å². The Labute approximate surface area is 153 Å². The van der Waals surface area contributed by atoms with Gasteiger partial charge in [-0.15, -0.1) is 0 Å². The maximum Gasteiger partial charge on any atom is 0.213 e. The van der Waals surface area contributed by atoms with Crippen LogP contribution in [0.5, 0.6) is 0 Å². The van der Waals surface area contributed by atoms with Gasteiger partial charge < -0.3 is 9.91 Å². The number of nitrogens with one attached hydrogen (secondary N) is 1. The fraction of sp³-hybridized carbons (Fsp3) is 0.350. The molecule has 0 aliphatic carbocycles. The van der Waals surface area contributed by atoms with Crippen molar-refractivity contribution >= 4 is 5.57 Å². The normalized spacial score (nSPS) is 17.0. The highest BCUT2D eigenvalue weighted by Gasteiger charge is 2.27. The average Bonchev–Trinajstić information content (AvgIpc) is 3.07. The molecule has 0 fully saturated rings. The third-order valence-corrected chi connectivity index (χ3v) is 4.72. The van der Waals surface area contributed by atoms with Crippen molar-refractivity contribution in [3.05, 3.63) is 71.7 Å². The number of nitrogens with zero attached hydrogens (tertiary/aromatic N) is 3. The van der Waals surface area contributed by atoms with Gasteiger partial charge in [0, 0.05) is 37.1 Å². The van der Waals surface area contributed by atoms with Crippen LogP contribution >= 0.6 is 0 Å². The van der Waals surface area contributed by atoms with Crippen molar-refractivity contribution in [1.82, 2.24) is 20.3 Å². The van der Waals surface area contributed by atoms with Crippen LogP contribution in [-0.2, 0) is 0 Å². The van der Waals surface area contributed by atoms with E-state index in [2.05, 4.69) is 29.2 Å². The summed E-state index contributed by atoms with van der Waals surface area (Å²) in [6, 6.07) is 9.46. The standard InChI is InChI=1S/C20H24F2N4/c1-3-25(4-2)11-12-26-14-18(16-9-10-23-19(22)13-16)20(24-26)15-5-7-17(21)8-6-15/h5-10,13-14,20,24H,3-4,11-12H2,1-2H3. The summed E-state index contributed by atoms with van der Waals surface area (Å²) in [6.07, 6.45) is 3.47. The van der Waals surface area contributed by atoms with E-state index in [1.165, 1.54) is 24.4 Å². The lowest BCUT2D eigenvalue weighted by Gasteiger charge is -2.24. The maximum atomic E-state index is 13.6. The minimum atomic E-state index is -0.511. The van der Waals surface area contributed by atoms with Gasteiger partial charge >= 0.3 is 0 Å². The Kier molecular flexibility index (Phi) is 5.96. The summed E-state index contributed by atoms with van der Waals surface area (Å²) in [5.74, 6) is -0.784. The summed E-state index contributed by atoms with van der Waals surface area (Å²) in [5.41, 5.74) is 6.09. The number of hydrogen-bond acceptors (Lipinski definition) is 4. The van der Waals surface area contributed by atoms with Crippen LogP contribution in [0.25, 0.3) is 5.57 Å². The van der Waals surface area contributed by atoms with Gasteiger partial charge in [-0.25, -0.2) is 14.8 Å². The molecule has 1 N–H and O–H groups in total. The molecule has 1 atom stereocenters. The smallest absolute Gasteiger partial charge is 0.213 e. The van der Waals surface area contributed by atoms with Crippen LogP contribution in [0.2, 0.25) is 0 Å². The second kappa shape index (κ2) is 8.38. The van der Waals surface area contributed by atoms with Crippen LogP contribution in [0, 0.1) is 11.8 Å². The van der Waals surface area contributed by atoms with E-state index in [0.717, 1.165) is 42.9 Å². The number of halogens is 2. The molecule has 26 heavy (non-hydrogen) atoms. The highest BCUT2D eigenvalue weighted by molar-refractivity contribution is 5.72. The highest BCUT2D eigenvalue weighted by Crippen LogP contribution is 2.34. The first-order valence-electron chi connectivity index (χ1n) is 8.95. The Balaban J connectivity index is 1.85. The molecule has 138 valence electrons. The zero-order valence-electron chi connectivity index (χ0n) is 15.1. The van der Waals surface area contributed by atoms with Gasteiger partial charge in [0.05, 0.1) is 6.04 Å². The minimum Gasteiger partial charge on any atom is -0.313 e. The van der Waals surface area contributed by atoms with Crippen LogP contribution in [0.15, 0.2) is 48.8 Å². The lowest BCUT2D eigenvalue weighted by molar-refractivity contribution is 0.216. The number of benzene rings is 1. The Morgan fingerprint density at radius 1 is 1.12 bits per heavy atom. The number of hydrazine groups is 1. The fourth-order valence-electron chi connectivity index (χ4n) is 3.17. The molecule has 0 bridgehead atoms. The van der Waals surface area contributed by atoms with E-state index < -0.39 is 5.95 Å². The topological polar surface area (TPSA) is 31.4 Å². The van der Waals surface area contributed by atoms with Crippen molar-refractivity contribution in [2.75, 3.05) is 26.2 Å². The van der Waals surface area contributed by atoms with Crippen molar-refractivity contribution in [2.45, 2.75) is 19.9 Å². The Hall–Kier alpha value is -2.31. The SMILES string of the molecule is CCN(CC)CCN1C=C(c2ccnc(F)c2)C(c2ccc(F)cc2)N1. The average molecular weight is 358 g/mol. The van der Waals surface area contributed by atoms with E-state index in [0.29, 0.717) is 0 Å². The number of pyridine rings is 1. The van der Waals surface area contributed by atoms with E-state index in [1.54, 1.807) is 18.2 Å². The number of hydrogen-bond donors (Lipinski definition) is 1. The molecule has 3 rings (SSSR count). The molecule has 2 heterocycles. The third-order valence-electron chi connectivity index (χ3n) is 4.72. The molecule has 1 aromatic heterocycles. The largest absolute Gasteiger partial charge is 0.313 e. The molecule has 1 aliphatic heterocycles. The van der Waals surface area contributed by atoms with Crippen LogP contribution in [0.4, 0.5) is 8.78 Å². The number of likely N-dealkylation sites (N-methyl/N-ethyl adjacent to an activating group) is 1. The van der Waals surface area contributed by atoms with E-state index in [9.17, 15) is 8.78 Å². The zero-order valence-corrected chi connectivity index (χ0v) is 15.1. The molecule has 0 radical (unpaired) electrons. The minimum absolute atomic E-state index is 0.158. The van der Waals surface area contributed by atoms with Gasteiger partial charge in [0.25, 0.3) is 0 Å². The molecule has 0 saturated heterocycles.